The predicted molar refractivity (Wildman–Crippen MR) is 93.1 cm³/mol. The first-order valence-corrected chi connectivity index (χ1v) is 9.58. The van der Waals surface area contributed by atoms with E-state index < -0.39 is 10.0 Å². The van der Waals surface area contributed by atoms with Crippen molar-refractivity contribution < 1.29 is 8.42 Å². The minimum absolute atomic E-state index is 0.357. The Morgan fingerprint density at radius 1 is 0.955 bits per heavy atom. The molecule has 0 fully saturated rings. The summed E-state index contributed by atoms with van der Waals surface area (Å²) in [5.74, 6) is 0. The summed E-state index contributed by atoms with van der Waals surface area (Å²) in [7, 11) is -3.49. The molecule has 0 spiro atoms. The lowest BCUT2D eigenvalue weighted by Gasteiger charge is -2.25. The molecule has 0 amide bonds. The van der Waals surface area contributed by atoms with Gasteiger partial charge in [-0.2, -0.15) is 4.31 Å². The van der Waals surface area contributed by atoms with E-state index in [1.165, 1.54) is 0 Å². The maximum Gasteiger partial charge on any atom is 0.243 e. The Balaban J connectivity index is 3.07. The largest absolute Gasteiger partial charge is 0.303 e. The molecule has 6 heteroatoms. The zero-order valence-electron chi connectivity index (χ0n) is 14.2. The fraction of sp³-hybridized carbons (Fsp3) is 0.625. The Morgan fingerprint density at radius 2 is 1.55 bits per heavy atom. The highest BCUT2D eigenvalue weighted by Crippen LogP contribution is 2.26. The standard InChI is InChI=1S/C16H27ClN2O2S/c1-6-18(7-2)9-10-19(8-3)22(20,21)16-12-13(4)15(17)11-14(16)5/h11-12H,6-10H2,1-5H3. The van der Waals surface area contributed by atoms with Crippen molar-refractivity contribution in [3.8, 4) is 0 Å². The van der Waals surface area contributed by atoms with Crippen LogP contribution in [-0.2, 0) is 10.0 Å². The van der Waals surface area contributed by atoms with Gasteiger partial charge in [-0.05, 0) is 50.2 Å². The van der Waals surface area contributed by atoms with Crippen molar-refractivity contribution in [3.63, 3.8) is 0 Å². The highest BCUT2D eigenvalue weighted by molar-refractivity contribution is 7.89. The van der Waals surface area contributed by atoms with Gasteiger partial charge in [0.1, 0.15) is 0 Å². The number of hydrogen-bond donors (Lipinski definition) is 0. The first-order valence-electron chi connectivity index (χ1n) is 7.77. The molecule has 0 heterocycles. The molecule has 1 rings (SSSR count). The van der Waals surface area contributed by atoms with Crippen molar-refractivity contribution >= 4 is 21.6 Å². The summed E-state index contributed by atoms with van der Waals surface area (Å²) in [5.41, 5.74) is 1.47. The molecule has 1 aromatic rings. The van der Waals surface area contributed by atoms with Crippen LogP contribution in [0.15, 0.2) is 17.0 Å². The Morgan fingerprint density at radius 3 is 2.05 bits per heavy atom. The first-order chi connectivity index (χ1) is 10.3. The van der Waals surface area contributed by atoms with Gasteiger partial charge < -0.3 is 4.90 Å². The minimum atomic E-state index is -3.49. The van der Waals surface area contributed by atoms with Crippen molar-refractivity contribution in [2.24, 2.45) is 0 Å². The maximum absolute atomic E-state index is 12.9. The lowest BCUT2D eigenvalue weighted by atomic mass is 10.2. The van der Waals surface area contributed by atoms with E-state index in [4.69, 9.17) is 11.6 Å². The second-order valence-corrected chi connectivity index (χ2v) is 7.70. The molecule has 0 aliphatic rings. The van der Waals surface area contributed by atoms with E-state index in [2.05, 4.69) is 18.7 Å². The molecule has 0 saturated heterocycles. The van der Waals surface area contributed by atoms with Crippen molar-refractivity contribution in [1.29, 1.82) is 0 Å². The predicted octanol–water partition coefficient (Wildman–Crippen LogP) is 3.31. The van der Waals surface area contributed by atoms with Gasteiger partial charge in [0.15, 0.2) is 0 Å². The lowest BCUT2D eigenvalue weighted by Crippen LogP contribution is -2.38. The Labute approximate surface area is 140 Å². The Hall–Kier alpha value is -0.620. The van der Waals surface area contributed by atoms with Crippen LogP contribution in [0, 0.1) is 13.8 Å². The fourth-order valence-corrected chi connectivity index (χ4v) is 4.36. The van der Waals surface area contributed by atoms with Crippen LogP contribution in [0.3, 0.4) is 0 Å². The molecule has 1 aromatic carbocycles. The first kappa shape index (κ1) is 19.4. The molecule has 0 radical (unpaired) electrons. The summed E-state index contributed by atoms with van der Waals surface area (Å²) in [6.07, 6.45) is 0. The quantitative estimate of drug-likeness (QED) is 0.725. The number of aryl methyl sites for hydroxylation is 2. The number of rotatable bonds is 8. The molecule has 22 heavy (non-hydrogen) atoms. The SMILES string of the molecule is CCN(CC)CCN(CC)S(=O)(=O)c1cc(C)c(Cl)cc1C. The van der Waals surface area contributed by atoms with Crippen molar-refractivity contribution in [3.05, 3.63) is 28.3 Å². The third kappa shape index (κ3) is 4.44. The van der Waals surface area contributed by atoms with Crippen LogP contribution in [0.5, 0.6) is 0 Å². The third-order valence-electron chi connectivity index (χ3n) is 3.99. The van der Waals surface area contributed by atoms with Crippen LogP contribution in [0.4, 0.5) is 0 Å². The molecular weight excluding hydrogens is 320 g/mol. The summed E-state index contributed by atoms with van der Waals surface area (Å²) >= 11 is 6.07. The number of halogens is 1. The summed E-state index contributed by atoms with van der Waals surface area (Å²) in [6, 6.07) is 3.40. The molecule has 0 saturated carbocycles. The molecule has 126 valence electrons. The molecule has 0 unspecified atom stereocenters. The molecule has 4 nitrogen and oxygen atoms in total. The number of likely N-dealkylation sites (N-methyl/N-ethyl adjacent to an activating group) is 2. The van der Waals surface area contributed by atoms with E-state index in [-0.39, 0.29) is 0 Å². The van der Waals surface area contributed by atoms with Gasteiger partial charge >= 0.3 is 0 Å². The van der Waals surface area contributed by atoms with Gasteiger partial charge in [-0.15, -0.1) is 0 Å². The monoisotopic (exact) mass is 346 g/mol. The maximum atomic E-state index is 12.9. The number of nitrogens with zero attached hydrogens (tertiary/aromatic N) is 2. The molecule has 0 aromatic heterocycles. The lowest BCUT2D eigenvalue weighted by molar-refractivity contribution is 0.274. The van der Waals surface area contributed by atoms with Crippen LogP contribution >= 0.6 is 11.6 Å². The molecule has 0 bridgehead atoms. The van der Waals surface area contributed by atoms with Crippen LogP contribution in [0.25, 0.3) is 0 Å². The highest BCUT2D eigenvalue weighted by Gasteiger charge is 2.25. The summed E-state index contributed by atoms with van der Waals surface area (Å²) < 4.78 is 27.3. The second-order valence-electron chi connectivity index (χ2n) is 5.39. The van der Waals surface area contributed by atoms with E-state index in [0.29, 0.717) is 28.6 Å². The molecular formula is C16H27ClN2O2S. The van der Waals surface area contributed by atoms with Crippen molar-refractivity contribution in [2.45, 2.75) is 39.5 Å². The van der Waals surface area contributed by atoms with Gasteiger partial charge in [-0.3, -0.25) is 0 Å². The Bertz CT molecular complexity index is 598. The van der Waals surface area contributed by atoms with Crippen molar-refractivity contribution in [2.75, 3.05) is 32.7 Å². The van der Waals surface area contributed by atoms with Crippen LogP contribution in [0.2, 0.25) is 5.02 Å². The van der Waals surface area contributed by atoms with Crippen LogP contribution < -0.4 is 0 Å². The van der Waals surface area contributed by atoms with E-state index in [1.54, 1.807) is 23.4 Å². The van der Waals surface area contributed by atoms with Gasteiger partial charge in [0.2, 0.25) is 10.0 Å². The number of benzene rings is 1. The van der Waals surface area contributed by atoms with Gasteiger partial charge in [0, 0.05) is 24.7 Å². The van der Waals surface area contributed by atoms with Gasteiger partial charge in [-0.25, -0.2) is 8.42 Å². The Kier molecular flexibility index (Phi) is 7.32. The molecule has 0 aliphatic heterocycles. The molecule has 0 atom stereocenters. The summed E-state index contributed by atoms with van der Waals surface area (Å²) in [4.78, 5) is 2.58. The smallest absolute Gasteiger partial charge is 0.243 e. The fourth-order valence-electron chi connectivity index (χ4n) is 2.41. The van der Waals surface area contributed by atoms with Gasteiger partial charge in [0.25, 0.3) is 0 Å². The minimum Gasteiger partial charge on any atom is -0.303 e. The zero-order chi connectivity index (χ0) is 16.9. The average molecular weight is 347 g/mol. The average Bonchev–Trinajstić information content (AvgIpc) is 2.47. The third-order valence-corrected chi connectivity index (χ3v) is 6.51. The second kappa shape index (κ2) is 8.29. The van der Waals surface area contributed by atoms with Crippen LogP contribution in [0.1, 0.15) is 31.9 Å². The molecule has 0 N–H and O–H groups in total. The van der Waals surface area contributed by atoms with E-state index in [0.717, 1.165) is 25.2 Å². The summed E-state index contributed by atoms with van der Waals surface area (Å²) in [6.45, 7) is 13.2. The number of hydrogen-bond acceptors (Lipinski definition) is 3. The normalized spacial score (nSPS) is 12.4. The van der Waals surface area contributed by atoms with Crippen LogP contribution in [-0.4, -0.2) is 50.3 Å². The van der Waals surface area contributed by atoms with Crippen molar-refractivity contribution in [1.82, 2.24) is 9.21 Å². The van der Waals surface area contributed by atoms with E-state index in [1.807, 2.05) is 13.8 Å². The van der Waals surface area contributed by atoms with Gasteiger partial charge in [-0.1, -0.05) is 32.4 Å². The number of sulfonamides is 1. The van der Waals surface area contributed by atoms with Gasteiger partial charge in [0.05, 0.1) is 4.90 Å². The summed E-state index contributed by atoms with van der Waals surface area (Å²) in [5, 5.41) is 0.600. The topological polar surface area (TPSA) is 40.6 Å². The van der Waals surface area contributed by atoms with E-state index in [9.17, 15) is 8.42 Å². The zero-order valence-corrected chi connectivity index (χ0v) is 15.8. The van der Waals surface area contributed by atoms with E-state index >= 15 is 0 Å². The molecule has 0 aliphatic carbocycles. The highest BCUT2D eigenvalue weighted by atomic mass is 35.5.